The molecule has 8 heteroatoms. The van der Waals surface area contributed by atoms with Gasteiger partial charge in [0.2, 0.25) is 5.89 Å². The first-order chi connectivity index (χ1) is 9.83. The van der Waals surface area contributed by atoms with Gasteiger partial charge < -0.3 is 19.8 Å². The van der Waals surface area contributed by atoms with Crippen LogP contribution in [0.3, 0.4) is 0 Å². The van der Waals surface area contributed by atoms with E-state index in [2.05, 4.69) is 20.4 Å². The molecule has 1 aromatic heterocycles. The third-order valence-corrected chi connectivity index (χ3v) is 3.24. The number of piperazine rings is 1. The molecule has 2 rings (SSSR count). The molecule has 8 nitrogen and oxygen atoms in total. The second kappa shape index (κ2) is 6.40. The summed E-state index contributed by atoms with van der Waals surface area (Å²) >= 11 is 0. The zero-order chi connectivity index (χ0) is 15.5. The highest BCUT2D eigenvalue weighted by atomic mass is 16.5. The molecule has 1 aliphatic heterocycles. The lowest BCUT2D eigenvalue weighted by Crippen LogP contribution is -2.54. The molecule has 0 bridgehead atoms. The summed E-state index contributed by atoms with van der Waals surface area (Å²) in [4.78, 5) is 20.0. The van der Waals surface area contributed by atoms with Crippen molar-refractivity contribution in [1.82, 2.24) is 25.3 Å². The Morgan fingerprint density at radius 1 is 1.38 bits per heavy atom. The maximum atomic E-state index is 12.0. The van der Waals surface area contributed by atoms with Crippen molar-refractivity contribution in [3.8, 4) is 0 Å². The number of aliphatic hydroxyl groups is 1. The van der Waals surface area contributed by atoms with E-state index in [1.807, 2.05) is 0 Å². The Balaban J connectivity index is 1.73. The molecule has 2 amide bonds. The highest BCUT2D eigenvalue weighted by Gasteiger charge is 2.24. The van der Waals surface area contributed by atoms with Gasteiger partial charge in [-0.1, -0.05) is 5.16 Å². The normalized spacial score (nSPS) is 17.0. The summed E-state index contributed by atoms with van der Waals surface area (Å²) in [6.07, 6.45) is 0. The van der Waals surface area contributed by atoms with E-state index in [9.17, 15) is 9.90 Å². The zero-order valence-electron chi connectivity index (χ0n) is 12.8. The van der Waals surface area contributed by atoms with Crippen molar-refractivity contribution >= 4 is 6.03 Å². The lowest BCUT2D eigenvalue weighted by Gasteiger charge is -2.37. The number of rotatable bonds is 4. The maximum Gasteiger partial charge on any atom is 0.317 e. The fourth-order valence-corrected chi connectivity index (χ4v) is 2.34. The van der Waals surface area contributed by atoms with Crippen molar-refractivity contribution in [2.75, 3.05) is 32.7 Å². The Labute approximate surface area is 124 Å². The molecule has 0 aromatic carbocycles. The molecule has 0 spiro atoms. The van der Waals surface area contributed by atoms with E-state index in [0.717, 1.165) is 13.1 Å². The second-order valence-corrected chi connectivity index (χ2v) is 5.96. The summed E-state index contributed by atoms with van der Waals surface area (Å²) in [5.41, 5.74) is -0.707. The summed E-state index contributed by atoms with van der Waals surface area (Å²) in [6.45, 7) is 8.99. The number of hydrogen-bond acceptors (Lipinski definition) is 6. The Morgan fingerprint density at radius 2 is 2.05 bits per heavy atom. The largest absolute Gasteiger partial charge is 0.389 e. The first-order valence-electron chi connectivity index (χ1n) is 7.10. The minimum atomic E-state index is -0.707. The van der Waals surface area contributed by atoms with E-state index in [-0.39, 0.29) is 12.6 Å². The van der Waals surface area contributed by atoms with Crippen LogP contribution in [0.2, 0.25) is 0 Å². The number of aryl methyl sites for hydroxylation is 1. The van der Waals surface area contributed by atoms with E-state index in [0.29, 0.717) is 31.3 Å². The number of nitrogens with zero attached hydrogens (tertiary/aromatic N) is 4. The van der Waals surface area contributed by atoms with E-state index >= 15 is 0 Å². The average molecular weight is 297 g/mol. The second-order valence-electron chi connectivity index (χ2n) is 5.96. The van der Waals surface area contributed by atoms with Crippen molar-refractivity contribution in [3.63, 3.8) is 0 Å². The third kappa shape index (κ3) is 4.98. The topological polar surface area (TPSA) is 94.7 Å². The first kappa shape index (κ1) is 15.7. The molecular formula is C13H23N5O3. The van der Waals surface area contributed by atoms with Gasteiger partial charge >= 0.3 is 6.03 Å². The van der Waals surface area contributed by atoms with Crippen LogP contribution >= 0.6 is 0 Å². The highest BCUT2D eigenvalue weighted by molar-refractivity contribution is 5.74. The minimum absolute atomic E-state index is 0.125. The number of nitrogens with one attached hydrogen (secondary N) is 1. The molecule has 0 atom stereocenters. The smallest absolute Gasteiger partial charge is 0.317 e. The van der Waals surface area contributed by atoms with Crippen molar-refractivity contribution in [1.29, 1.82) is 0 Å². The fraction of sp³-hybridized carbons (Fsp3) is 0.769. The average Bonchev–Trinajstić information content (AvgIpc) is 2.81. The lowest BCUT2D eigenvalue weighted by atomic mass is 10.1. The summed E-state index contributed by atoms with van der Waals surface area (Å²) in [5, 5.41) is 16.3. The number of amides is 2. The van der Waals surface area contributed by atoms with Gasteiger partial charge in [-0.05, 0) is 13.8 Å². The van der Waals surface area contributed by atoms with Gasteiger partial charge in [0, 0.05) is 39.6 Å². The molecule has 0 unspecified atom stereocenters. The molecule has 0 saturated carbocycles. The monoisotopic (exact) mass is 297 g/mol. The standard InChI is InChI=1S/C13H23N5O3/c1-10-15-11(16-21-10)8-14-12(19)18-6-4-17(5-7-18)9-13(2,3)20/h20H,4-9H2,1-3H3,(H,14,19). The van der Waals surface area contributed by atoms with Crippen molar-refractivity contribution in [2.45, 2.75) is 32.9 Å². The number of aromatic nitrogens is 2. The number of carbonyl (C=O) groups excluding carboxylic acids is 1. The molecule has 0 radical (unpaired) electrons. The number of carbonyl (C=O) groups is 1. The number of hydrogen-bond donors (Lipinski definition) is 2. The van der Waals surface area contributed by atoms with E-state index in [4.69, 9.17) is 4.52 Å². The van der Waals surface area contributed by atoms with Crippen LogP contribution in [0.5, 0.6) is 0 Å². The van der Waals surface area contributed by atoms with Gasteiger partial charge in [-0.25, -0.2) is 4.79 Å². The van der Waals surface area contributed by atoms with E-state index in [1.54, 1.807) is 25.7 Å². The van der Waals surface area contributed by atoms with Gasteiger partial charge in [0.15, 0.2) is 5.82 Å². The summed E-state index contributed by atoms with van der Waals surface area (Å²) < 4.78 is 4.85. The molecule has 2 heterocycles. The molecule has 0 aliphatic carbocycles. The summed E-state index contributed by atoms with van der Waals surface area (Å²) in [5.74, 6) is 0.959. The van der Waals surface area contributed by atoms with Crippen molar-refractivity contribution in [3.05, 3.63) is 11.7 Å². The molecule has 1 aliphatic rings. The maximum absolute atomic E-state index is 12.0. The van der Waals surface area contributed by atoms with Crippen LogP contribution in [0.15, 0.2) is 4.52 Å². The summed E-state index contributed by atoms with van der Waals surface area (Å²) in [7, 11) is 0. The van der Waals surface area contributed by atoms with Crippen molar-refractivity contribution in [2.24, 2.45) is 0 Å². The van der Waals surface area contributed by atoms with Crippen LogP contribution in [-0.4, -0.2) is 69.4 Å². The quantitative estimate of drug-likeness (QED) is 0.811. The van der Waals surface area contributed by atoms with Crippen molar-refractivity contribution < 1.29 is 14.4 Å². The predicted molar refractivity (Wildman–Crippen MR) is 75.6 cm³/mol. The van der Waals surface area contributed by atoms with Crippen LogP contribution in [-0.2, 0) is 6.54 Å². The van der Waals surface area contributed by atoms with Crippen LogP contribution in [0.1, 0.15) is 25.6 Å². The number of urea groups is 1. The van der Waals surface area contributed by atoms with Gasteiger partial charge in [-0.15, -0.1) is 0 Å². The Morgan fingerprint density at radius 3 is 2.57 bits per heavy atom. The number of β-amino-alcohol motifs (C(OH)–C–C–N with tert-alkyl or cyclic N) is 1. The molecule has 1 saturated heterocycles. The molecule has 2 N–H and O–H groups in total. The fourth-order valence-electron chi connectivity index (χ4n) is 2.34. The van der Waals surface area contributed by atoms with Gasteiger partial charge in [0.1, 0.15) is 0 Å². The SMILES string of the molecule is Cc1nc(CNC(=O)N2CCN(CC(C)(C)O)CC2)no1. The highest BCUT2D eigenvalue weighted by Crippen LogP contribution is 2.08. The Hall–Kier alpha value is -1.67. The molecule has 1 aromatic rings. The van der Waals surface area contributed by atoms with Gasteiger partial charge in [-0.3, -0.25) is 4.90 Å². The van der Waals surface area contributed by atoms with Crippen LogP contribution in [0, 0.1) is 6.92 Å². The van der Waals surface area contributed by atoms with Gasteiger partial charge in [0.25, 0.3) is 0 Å². The van der Waals surface area contributed by atoms with E-state index < -0.39 is 5.60 Å². The molecule has 1 fully saturated rings. The Kier molecular flexibility index (Phi) is 4.79. The van der Waals surface area contributed by atoms with Gasteiger partial charge in [0.05, 0.1) is 12.1 Å². The Bertz CT molecular complexity index is 474. The zero-order valence-corrected chi connectivity index (χ0v) is 12.8. The lowest BCUT2D eigenvalue weighted by molar-refractivity contribution is 0.0225. The molecule has 118 valence electrons. The first-order valence-corrected chi connectivity index (χ1v) is 7.10. The van der Waals surface area contributed by atoms with E-state index in [1.165, 1.54) is 0 Å². The summed E-state index contributed by atoms with van der Waals surface area (Å²) in [6, 6.07) is -0.125. The van der Waals surface area contributed by atoms with Gasteiger partial charge in [-0.2, -0.15) is 4.98 Å². The molecule has 21 heavy (non-hydrogen) atoms. The minimum Gasteiger partial charge on any atom is -0.389 e. The predicted octanol–water partition coefficient (Wildman–Crippen LogP) is -0.0239. The third-order valence-electron chi connectivity index (χ3n) is 3.24. The van der Waals surface area contributed by atoms with Crippen LogP contribution < -0.4 is 5.32 Å². The van der Waals surface area contributed by atoms with Crippen LogP contribution in [0.25, 0.3) is 0 Å². The van der Waals surface area contributed by atoms with Crippen LogP contribution in [0.4, 0.5) is 4.79 Å². The molecular weight excluding hydrogens is 274 g/mol.